The molecule has 1 aliphatic carbocycles. The fourth-order valence-electron chi connectivity index (χ4n) is 2.68. The second-order valence-electron chi connectivity index (χ2n) is 5.31. The summed E-state index contributed by atoms with van der Waals surface area (Å²) in [5.74, 6) is 1.04. The molecule has 1 aromatic carbocycles. The SMILES string of the molecule is COc1cc(NC(=O)CC2CCCCC2N)ccc1Br. The molecule has 0 heterocycles. The molecule has 3 N–H and O–H groups in total. The molecule has 2 atom stereocenters. The fraction of sp³-hybridized carbons (Fsp3) is 0.533. The molecule has 4 nitrogen and oxygen atoms in total. The molecule has 110 valence electrons. The predicted octanol–water partition coefficient (Wildman–Crippen LogP) is 3.30. The number of hydrogen-bond donors (Lipinski definition) is 2. The van der Waals surface area contributed by atoms with E-state index in [1.54, 1.807) is 7.11 Å². The van der Waals surface area contributed by atoms with Gasteiger partial charge in [-0.3, -0.25) is 4.79 Å². The van der Waals surface area contributed by atoms with Crippen LogP contribution < -0.4 is 15.8 Å². The van der Waals surface area contributed by atoms with E-state index in [1.165, 1.54) is 12.8 Å². The van der Waals surface area contributed by atoms with Gasteiger partial charge in [-0.2, -0.15) is 0 Å². The average Bonchev–Trinajstić information content (AvgIpc) is 2.43. The summed E-state index contributed by atoms with van der Waals surface area (Å²) in [6.07, 6.45) is 4.95. The van der Waals surface area contributed by atoms with Crippen molar-refractivity contribution >= 4 is 27.5 Å². The summed E-state index contributed by atoms with van der Waals surface area (Å²) in [7, 11) is 1.60. The lowest BCUT2D eigenvalue weighted by atomic mass is 9.83. The van der Waals surface area contributed by atoms with Crippen molar-refractivity contribution in [2.24, 2.45) is 11.7 Å². The van der Waals surface area contributed by atoms with Crippen molar-refractivity contribution in [3.05, 3.63) is 22.7 Å². The molecule has 0 radical (unpaired) electrons. The number of anilines is 1. The third-order valence-corrected chi connectivity index (χ3v) is 4.51. The van der Waals surface area contributed by atoms with Crippen LogP contribution in [0.5, 0.6) is 5.75 Å². The van der Waals surface area contributed by atoms with Crippen molar-refractivity contribution in [2.45, 2.75) is 38.1 Å². The normalized spacial score (nSPS) is 22.4. The Hall–Kier alpha value is -1.07. The Morgan fingerprint density at radius 1 is 1.45 bits per heavy atom. The fourth-order valence-corrected chi connectivity index (χ4v) is 3.09. The highest BCUT2D eigenvalue weighted by Crippen LogP contribution is 2.29. The van der Waals surface area contributed by atoms with Crippen LogP contribution in [0.2, 0.25) is 0 Å². The molecule has 0 saturated heterocycles. The van der Waals surface area contributed by atoms with Gasteiger partial charge in [0.2, 0.25) is 5.91 Å². The summed E-state index contributed by atoms with van der Waals surface area (Å²) in [6, 6.07) is 5.68. The van der Waals surface area contributed by atoms with Gasteiger partial charge in [-0.05, 0) is 46.8 Å². The number of nitrogens with one attached hydrogen (secondary N) is 1. The Labute approximate surface area is 128 Å². The van der Waals surface area contributed by atoms with E-state index in [1.807, 2.05) is 18.2 Å². The first-order valence-electron chi connectivity index (χ1n) is 6.99. The first kappa shape index (κ1) is 15.3. The topological polar surface area (TPSA) is 64.3 Å². The van der Waals surface area contributed by atoms with Crippen LogP contribution in [0, 0.1) is 5.92 Å². The van der Waals surface area contributed by atoms with E-state index < -0.39 is 0 Å². The smallest absolute Gasteiger partial charge is 0.224 e. The molecule has 1 amide bonds. The molecule has 1 fully saturated rings. The minimum atomic E-state index is 0.0247. The summed E-state index contributed by atoms with van der Waals surface area (Å²) in [6.45, 7) is 0. The van der Waals surface area contributed by atoms with Gasteiger partial charge in [-0.1, -0.05) is 12.8 Å². The van der Waals surface area contributed by atoms with E-state index in [9.17, 15) is 4.79 Å². The molecule has 0 aliphatic heterocycles. The lowest BCUT2D eigenvalue weighted by molar-refractivity contribution is -0.117. The van der Waals surface area contributed by atoms with Gasteiger partial charge in [0.1, 0.15) is 5.75 Å². The number of carbonyl (C=O) groups excluding carboxylic acids is 1. The van der Waals surface area contributed by atoms with Crippen LogP contribution in [-0.2, 0) is 4.79 Å². The van der Waals surface area contributed by atoms with Gasteiger partial charge in [-0.25, -0.2) is 0 Å². The molecule has 0 spiro atoms. The summed E-state index contributed by atoms with van der Waals surface area (Å²) in [4.78, 5) is 12.1. The Morgan fingerprint density at radius 2 is 2.20 bits per heavy atom. The standard InChI is InChI=1S/C15H21BrN2O2/c1-20-14-9-11(6-7-12(14)16)18-15(19)8-10-4-2-3-5-13(10)17/h6-7,9-10,13H,2-5,8,17H2,1H3,(H,18,19). The van der Waals surface area contributed by atoms with Crippen molar-refractivity contribution in [1.82, 2.24) is 0 Å². The van der Waals surface area contributed by atoms with E-state index in [0.29, 0.717) is 18.1 Å². The summed E-state index contributed by atoms with van der Waals surface area (Å²) < 4.78 is 6.08. The van der Waals surface area contributed by atoms with Crippen LogP contribution in [0.4, 0.5) is 5.69 Å². The third-order valence-electron chi connectivity index (χ3n) is 3.85. The zero-order chi connectivity index (χ0) is 14.5. The van der Waals surface area contributed by atoms with Gasteiger partial charge < -0.3 is 15.8 Å². The maximum absolute atomic E-state index is 12.1. The van der Waals surface area contributed by atoms with Gasteiger partial charge in [0.15, 0.2) is 0 Å². The molecule has 1 aromatic rings. The van der Waals surface area contributed by atoms with Crippen molar-refractivity contribution in [2.75, 3.05) is 12.4 Å². The van der Waals surface area contributed by atoms with Gasteiger partial charge in [0.05, 0.1) is 11.6 Å². The Morgan fingerprint density at radius 3 is 2.90 bits per heavy atom. The lowest BCUT2D eigenvalue weighted by Gasteiger charge is -2.27. The molecule has 1 saturated carbocycles. The molecular formula is C15H21BrN2O2. The van der Waals surface area contributed by atoms with Gasteiger partial charge in [0, 0.05) is 24.2 Å². The number of ether oxygens (including phenoxy) is 1. The van der Waals surface area contributed by atoms with Gasteiger partial charge >= 0.3 is 0 Å². The summed E-state index contributed by atoms with van der Waals surface area (Å²) in [5.41, 5.74) is 6.83. The molecule has 5 heteroatoms. The van der Waals surface area contributed by atoms with Crippen LogP contribution in [0.15, 0.2) is 22.7 Å². The number of nitrogens with two attached hydrogens (primary N) is 1. The number of amides is 1. The van der Waals surface area contributed by atoms with E-state index in [2.05, 4.69) is 21.2 Å². The Kier molecular flexibility index (Phi) is 5.43. The number of carbonyl (C=O) groups is 1. The lowest BCUT2D eigenvalue weighted by Crippen LogP contribution is -2.35. The van der Waals surface area contributed by atoms with Crippen LogP contribution in [0.3, 0.4) is 0 Å². The second kappa shape index (κ2) is 7.09. The van der Waals surface area contributed by atoms with Gasteiger partial charge in [0.25, 0.3) is 0 Å². The molecule has 2 unspecified atom stereocenters. The Balaban J connectivity index is 1.94. The van der Waals surface area contributed by atoms with E-state index >= 15 is 0 Å². The molecular weight excluding hydrogens is 320 g/mol. The number of halogens is 1. The zero-order valence-electron chi connectivity index (χ0n) is 11.7. The summed E-state index contributed by atoms with van der Waals surface area (Å²) in [5, 5.41) is 2.92. The first-order valence-corrected chi connectivity index (χ1v) is 7.78. The highest BCUT2D eigenvalue weighted by Gasteiger charge is 2.24. The quantitative estimate of drug-likeness (QED) is 0.883. The highest BCUT2D eigenvalue weighted by atomic mass is 79.9. The predicted molar refractivity (Wildman–Crippen MR) is 83.9 cm³/mol. The number of methoxy groups -OCH3 is 1. The van der Waals surface area contributed by atoms with E-state index in [-0.39, 0.29) is 11.9 Å². The van der Waals surface area contributed by atoms with Crippen molar-refractivity contribution in [1.29, 1.82) is 0 Å². The maximum atomic E-state index is 12.1. The molecule has 0 bridgehead atoms. The number of benzene rings is 1. The zero-order valence-corrected chi connectivity index (χ0v) is 13.3. The van der Waals surface area contributed by atoms with Crippen LogP contribution >= 0.6 is 15.9 Å². The van der Waals surface area contributed by atoms with Crippen LogP contribution in [-0.4, -0.2) is 19.1 Å². The molecule has 20 heavy (non-hydrogen) atoms. The van der Waals surface area contributed by atoms with Crippen molar-refractivity contribution in [3.63, 3.8) is 0 Å². The molecule has 1 aliphatic rings. The highest BCUT2D eigenvalue weighted by molar-refractivity contribution is 9.10. The van der Waals surface area contributed by atoms with Crippen molar-refractivity contribution < 1.29 is 9.53 Å². The molecule has 0 aromatic heterocycles. The molecule has 2 rings (SSSR count). The Bertz CT molecular complexity index is 479. The van der Waals surface area contributed by atoms with Crippen molar-refractivity contribution in [3.8, 4) is 5.75 Å². The third kappa shape index (κ3) is 3.96. The summed E-state index contributed by atoms with van der Waals surface area (Å²) >= 11 is 3.39. The van der Waals surface area contributed by atoms with E-state index in [4.69, 9.17) is 10.5 Å². The van der Waals surface area contributed by atoms with Crippen LogP contribution in [0.1, 0.15) is 32.1 Å². The number of hydrogen-bond acceptors (Lipinski definition) is 3. The van der Waals surface area contributed by atoms with Crippen LogP contribution in [0.25, 0.3) is 0 Å². The monoisotopic (exact) mass is 340 g/mol. The minimum Gasteiger partial charge on any atom is -0.495 e. The van der Waals surface area contributed by atoms with Gasteiger partial charge in [-0.15, -0.1) is 0 Å². The minimum absolute atomic E-state index is 0.0247. The number of rotatable bonds is 4. The second-order valence-corrected chi connectivity index (χ2v) is 6.16. The maximum Gasteiger partial charge on any atom is 0.224 e. The first-order chi connectivity index (χ1) is 9.60. The average molecular weight is 341 g/mol. The van der Waals surface area contributed by atoms with E-state index in [0.717, 1.165) is 23.0 Å². The largest absolute Gasteiger partial charge is 0.495 e.